The van der Waals surface area contributed by atoms with Gasteiger partial charge in [0.1, 0.15) is 5.69 Å². The van der Waals surface area contributed by atoms with Crippen molar-refractivity contribution in [1.29, 1.82) is 0 Å². The molecule has 1 heterocycles. The zero-order valence-electron chi connectivity index (χ0n) is 8.45. The number of halogens is 3. The van der Waals surface area contributed by atoms with Gasteiger partial charge < -0.3 is 0 Å². The molecule has 0 unspecified atom stereocenters. The van der Waals surface area contributed by atoms with Gasteiger partial charge in [-0.2, -0.15) is 0 Å². The van der Waals surface area contributed by atoms with Crippen molar-refractivity contribution in [2.45, 2.75) is 0 Å². The Morgan fingerprint density at radius 2 is 1.71 bits per heavy atom. The maximum atomic E-state index is 10.9. The summed E-state index contributed by atoms with van der Waals surface area (Å²) < 4.78 is 0. The first-order valence-corrected chi connectivity index (χ1v) is 5.81. The van der Waals surface area contributed by atoms with E-state index in [-0.39, 0.29) is 5.69 Å². The van der Waals surface area contributed by atoms with Crippen LogP contribution in [0.15, 0.2) is 30.5 Å². The zero-order valence-corrected chi connectivity index (χ0v) is 10.7. The minimum Gasteiger partial charge on any atom is -0.296 e. The first kappa shape index (κ1) is 12.4. The molecule has 0 atom stereocenters. The van der Waals surface area contributed by atoms with E-state index < -0.39 is 0 Å². The van der Waals surface area contributed by atoms with Gasteiger partial charge in [-0.15, -0.1) is 0 Å². The first-order chi connectivity index (χ1) is 8.11. The molecular formula is C12H6Cl3NO. The Kier molecular flexibility index (Phi) is 3.67. The van der Waals surface area contributed by atoms with Crippen LogP contribution in [0.3, 0.4) is 0 Å². The molecule has 0 aliphatic rings. The second-order valence-electron chi connectivity index (χ2n) is 3.33. The van der Waals surface area contributed by atoms with E-state index in [1.165, 1.54) is 6.20 Å². The number of carbonyl (C=O) groups excluding carboxylic acids is 1. The Labute approximate surface area is 113 Å². The van der Waals surface area contributed by atoms with E-state index in [0.717, 1.165) is 0 Å². The average Bonchev–Trinajstić information content (AvgIpc) is 2.32. The van der Waals surface area contributed by atoms with Crippen LogP contribution in [0.4, 0.5) is 0 Å². The number of hydrogen-bond acceptors (Lipinski definition) is 2. The van der Waals surface area contributed by atoms with Crippen molar-refractivity contribution in [2.75, 3.05) is 0 Å². The molecule has 17 heavy (non-hydrogen) atoms. The molecule has 2 aromatic rings. The molecular weight excluding hydrogens is 280 g/mol. The quantitative estimate of drug-likeness (QED) is 0.760. The monoisotopic (exact) mass is 285 g/mol. The van der Waals surface area contributed by atoms with Gasteiger partial charge in [-0.1, -0.05) is 34.8 Å². The summed E-state index contributed by atoms with van der Waals surface area (Å²) in [7, 11) is 0. The molecule has 1 aromatic carbocycles. The van der Waals surface area contributed by atoms with Crippen LogP contribution in [0.5, 0.6) is 0 Å². The van der Waals surface area contributed by atoms with Crippen LogP contribution in [-0.2, 0) is 0 Å². The average molecular weight is 287 g/mol. The lowest BCUT2D eigenvalue weighted by Gasteiger charge is -2.07. The highest BCUT2D eigenvalue weighted by Gasteiger charge is 2.11. The van der Waals surface area contributed by atoms with Gasteiger partial charge in [-0.3, -0.25) is 9.78 Å². The van der Waals surface area contributed by atoms with E-state index in [1.807, 2.05) is 0 Å². The van der Waals surface area contributed by atoms with Crippen LogP contribution in [-0.4, -0.2) is 11.3 Å². The third kappa shape index (κ3) is 2.60. The van der Waals surface area contributed by atoms with Gasteiger partial charge in [0.2, 0.25) is 0 Å². The molecule has 5 heteroatoms. The van der Waals surface area contributed by atoms with Gasteiger partial charge >= 0.3 is 0 Å². The number of aromatic nitrogens is 1. The number of rotatable bonds is 2. The molecule has 0 saturated carbocycles. The highest BCUT2D eigenvalue weighted by atomic mass is 35.5. The molecule has 0 bridgehead atoms. The van der Waals surface area contributed by atoms with Gasteiger partial charge in [0.05, 0.1) is 5.02 Å². The van der Waals surface area contributed by atoms with Crippen LogP contribution < -0.4 is 0 Å². The SMILES string of the molecule is O=Cc1ncc(Cl)cc1-c1cc(Cl)ccc1Cl. The summed E-state index contributed by atoms with van der Waals surface area (Å²) in [6.45, 7) is 0. The third-order valence-corrected chi connectivity index (χ3v) is 2.99. The fraction of sp³-hybridized carbons (Fsp3) is 0. The van der Waals surface area contributed by atoms with E-state index in [2.05, 4.69) is 4.98 Å². The molecule has 2 rings (SSSR count). The lowest BCUT2D eigenvalue weighted by molar-refractivity contribution is 0.111. The number of hydrogen-bond donors (Lipinski definition) is 0. The molecule has 0 radical (unpaired) electrons. The van der Waals surface area contributed by atoms with Gasteiger partial charge in [0, 0.05) is 27.4 Å². The van der Waals surface area contributed by atoms with E-state index in [4.69, 9.17) is 34.8 Å². The second-order valence-corrected chi connectivity index (χ2v) is 4.61. The molecule has 0 amide bonds. The fourth-order valence-electron chi connectivity index (χ4n) is 1.46. The lowest BCUT2D eigenvalue weighted by Crippen LogP contribution is -1.92. The topological polar surface area (TPSA) is 30.0 Å². The molecule has 2 nitrogen and oxygen atoms in total. The molecule has 86 valence electrons. The molecule has 1 aromatic heterocycles. The van der Waals surface area contributed by atoms with Crippen LogP contribution in [0.1, 0.15) is 10.5 Å². The van der Waals surface area contributed by atoms with Crippen molar-refractivity contribution in [3.8, 4) is 11.1 Å². The lowest BCUT2D eigenvalue weighted by atomic mass is 10.0. The highest BCUT2D eigenvalue weighted by Crippen LogP contribution is 2.32. The molecule has 0 aliphatic carbocycles. The van der Waals surface area contributed by atoms with Crippen molar-refractivity contribution in [2.24, 2.45) is 0 Å². The standard InChI is InChI=1S/C12H6Cl3NO/c13-7-1-2-11(15)9(3-7)10-4-8(14)5-16-12(10)6-17/h1-6H. The Bertz CT molecular complexity index is 584. The predicted octanol–water partition coefficient (Wildman–Crippen LogP) is 4.52. The molecule has 0 aliphatic heterocycles. The predicted molar refractivity (Wildman–Crippen MR) is 70.1 cm³/mol. The van der Waals surface area contributed by atoms with E-state index in [9.17, 15) is 4.79 Å². The number of aldehydes is 1. The second kappa shape index (κ2) is 5.05. The fourth-order valence-corrected chi connectivity index (χ4v) is 2.01. The normalized spacial score (nSPS) is 10.3. The van der Waals surface area contributed by atoms with Crippen molar-refractivity contribution < 1.29 is 4.79 Å². The summed E-state index contributed by atoms with van der Waals surface area (Å²) in [5.74, 6) is 0. The third-order valence-electron chi connectivity index (χ3n) is 2.22. The molecule has 0 spiro atoms. The van der Waals surface area contributed by atoms with E-state index in [0.29, 0.717) is 32.5 Å². The maximum absolute atomic E-state index is 10.9. The number of benzene rings is 1. The summed E-state index contributed by atoms with van der Waals surface area (Å²) in [5, 5.41) is 1.45. The van der Waals surface area contributed by atoms with Crippen molar-refractivity contribution >= 4 is 41.1 Å². The van der Waals surface area contributed by atoms with Crippen molar-refractivity contribution in [3.05, 3.63) is 51.2 Å². The Morgan fingerprint density at radius 3 is 2.41 bits per heavy atom. The largest absolute Gasteiger partial charge is 0.296 e. The van der Waals surface area contributed by atoms with Crippen LogP contribution in [0.25, 0.3) is 11.1 Å². The number of nitrogens with zero attached hydrogens (tertiary/aromatic N) is 1. The Balaban J connectivity index is 2.70. The van der Waals surface area contributed by atoms with Gasteiger partial charge in [0.25, 0.3) is 0 Å². The molecule has 0 saturated heterocycles. The smallest absolute Gasteiger partial charge is 0.169 e. The van der Waals surface area contributed by atoms with Gasteiger partial charge in [-0.05, 0) is 24.3 Å². The van der Waals surface area contributed by atoms with Gasteiger partial charge in [-0.25, -0.2) is 0 Å². The van der Waals surface area contributed by atoms with E-state index in [1.54, 1.807) is 24.3 Å². The van der Waals surface area contributed by atoms with Crippen LogP contribution in [0.2, 0.25) is 15.1 Å². The zero-order chi connectivity index (χ0) is 12.4. The minimum atomic E-state index is 0.276. The molecule has 0 N–H and O–H groups in total. The maximum Gasteiger partial charge on any atom is 0.169 e. The van der Waals surface area contributed by atoms with Crippen LogP contribution in [0, 0.1) is 0 Å². The summed E-state index contributed by atoms with van der Waals surface area (Å²) in [6, 6.07) is 6.64. The van der Waals surface area contributed by atoms with Gasteiger partial charge in [0.15, 0.2) is 6.29 Å². The van der Waals surface area contributed by atoms with Crippen molar-refractivity contribution in [3.63, 3.8) is 0 Å². The number of pyridine rings is 1. The summed E-state index contributed by atoms with van der Waals surface area (Å²) in [5.41, 5.74) is 1.48. The first-order valence-electron chi connectivity index (χ1n) is 4.68. The highest BCUT2D eigenvalue weighted by molar-refractivity contribution is 6.35. The number of carbonyl (C=O) groups is 1. The van der Waals surface area contributed by atoms with E-state index >= 15 is 0 Å². The summed E-state index contributed by atoms with van der Waals surface area (Å²) in [6.07, 6.45) is 2.07. The van der Waals surface area contributed by atoms with Crippen LogP contribution >= 0.6 is 34.8 Å². The summed E-state index contributed by atoms with van der Waals surface area (Å²) in [4.78, 5) is 14.9. The summed E-state index contributed by atoms with van der Waals surface area (Å²) >= 11 is 17.8. The molecule has 0 fully saturated rings. The Hall–Kier alpha value is -1.09. The van der Waals surface area contributed by atoms with Crippen molar-refractivity contribution in [1.82, 2.24) is 4.98 Å². The minimum absolute atomic E-state index is 0.276. The Morgan fingerprint density at radius 1 is 1.00 bits per heavy atom.